The maximum atomic E-state index is 12.2. The van der Waals surface area contributed by atoms with Gasteiger partial charge in [-0.15, -0.1) is 5.10 Å². The van der Waals surface area contributed by atoms with Gasteiger partial charge in [0.1, 0.15) is 5.75 Å². The van der Waals surface area contributed by atoms with Crippen LogP contribution in [0.25, 0.3) is 5.69 Å². The number of aryl methyl sites for hydroxylation is 2. The summed E-state index contributed by atoms with van der Waals surface area (Å²) in [6, 6.07) is 13.2. The maximum absolute atomic E-state index is 12.2. The number of carbonyl (C=O) groups excluding carboxylic acids is 1. The first-order chi connectivity index (χ1) is 12.6. The number of tetrazole rings is 1. The highest BCUT2D eigenvalue weighted by molar-refractivity contribution is 7.99. The number of methoxy groups -OCH3 is 1. The number of hydrogen-bond donors (Lipinski definition) is 1. The fourth-order valence-electron chi connectivity index (χ4n) is 2.32. The zero-order chi connectivity index (χ0) is 18.5. The first-order valence-electron chi connectivity index (χ1n) is 7.99. The van der Waals surface area contributed by atoms with Crippen LogP contribution in [0.2, 0.25) is 0 Å². The number of amides is 1. The van der Waals surface area contributed by atoms with Crippen molar-refractivity contribution in [3.05, 3.63) is 53.6 Å². The van der Waals surface area contributed by atoms with Crippen LogP contribution >= 0.6 is 11.8 Å². The number of anilines is 1. The molecular weight excluding hydrogens is 350 g/mol. The number of rotatable bonds is 6. The minimum absolute atomic E-state index is 0.141. The van der Waals surface area contributed by atoms with E-state index in [1.165, 1.54) is 17.3 Å². The molecule has 2 aromatic carbocycles. The van der Waals surface area contributed by atoms with Crippen molar-refractivity contribution in [2.24, 2.45) is 0 Å². The van der Waals surface area contributed by atoms with E-state index in [0.717, 1.165) is 11.3 Å². The number of ether oxygens (including phenoxy) is 1. The van der Waals surface area contributed by atoms with E-state index in [-0.39, 0.29) is 11.7 Å². The second kappa shape index (κ2) is 8.01. The van der Waals surface area contributed by atoms with Crippen molar-refractivity contribution in [1.82, 2.24) is 20.2 Å². The van der Waals surface area contributed by atoms with Crippen molar-refractivity contribution in [2.45, 2.75) is 19.0 Å². The van der Waals surface area contributed by atoms with E-state index in [2.05, 4.69) is 27.8 Å². The molecule has 0 saturated carbocycles. The summed E-state index contributed by atoms with van der Waals surface area (Å²) in [4.78, 5) is 12.2. The van der Waals surface area contributed by atoms with Gasteiger partial charge in [0.15, 0.2) is 0 Å². The summed E-state index contributed by atoms with van der Waals surface area (Å²) in [5.41, 5.74) is 3.91. The minimum atomic E-state index is -0.141. The Balaban J connectivity index is 1.66. The lowest BCUT2D eigenvalue weighted by molar-refractivity contribution is -0.113. The molecule has 7 nitrogen and oxygen atoms in total. The minimum Gasteiger partial charge on any atom is -0.497 e. The van der Waals surface area contributed by atoms with E-state index in [0.29, 0.717) is 16.6 Å². The molecule has 1 amide bonds. The molecule has 0 fully saturated rings. The number of benzene rings is 2. The Morgan fingerprint density at radius 1 is 1.19 bits per heavy atom. The van der Waals surface area contributed by atoms with Crippen LogP contribution < -0.4 is 10.1 Å². The van der Waals surface area contributed by atoms with Gasteiger partial charge in [0.2, 0.25) is 11.1 Å². The van der Waals surface area contributed by atoms with Crippen LogP contribution in [0.4, 0.5) is 5.69 Å². The van der Waals surface area contributed by atoms with E-state index in [9.17, 15) is 4.79 Å². The Kier molecular flexibility index (Phi) is 5.52. The number of carbonyl (C=O) groups is 1. The third-order valence-corrected chi connectivity index (χ3v) is 4.78. The van der Waals surface area contributed by atoms with Gasteiger partial charge in [-0.1, -0.05) is 23.9 Å². The van der Waals surface area contributed by atoms with Crippen LogP contribution in [-0.4, -0.2) is 39.0 Å². The number of nitrogens with zero attached hydrogens (tertiary/aromatic N) is 4. The van der Waals surface area contributed by atoms with Gasteiger partial charge < -0.3 is 10.1 Å². The molecule has 1 N–H and O–H groups in total. The molecule has 0 spiro atoms. The molecule has 26 heavy (non-hydrogen) atoms. The van der Waals surface area contributed by atoms with Crippen molar-refractivity contribution in [2.75, 3.05) is 18.2 Å². The maximum Gasteiger partial charge on any atom is 0.234 e. The summed E-state index contributed by atoms with van der Waals surface area (Å²) < 4.78 is 6.79. The lowest BCUT2D eigenvalue weighted by atomic mass is 10.1. The lowest BCUT2D eigenvalue weighted by Crippen LogP contribution is -2.14. The monoisotopic (exact) mass is 369 g/mol. The quantitative estimate of drug-likeness (QED) is 0.673. The Bertz CT molecular complexity index is 925. The molecule has 3 rings (SSSR count). The van der Waals surface area contributed by atoms with E-state index >= 15 is 0 Å². The standard InChI is InChI=1S/C18H19N5O2S/c1-12-7-8-15(9-13(12)2)23-18(20-21-22-23)26-11-17(24)19-14-5-4-6-16(10-14)25-3/h4-10H,11H2,1-3H3,(H,19,24). The summed E-state index contributed by atoms with van der Waals surface area (Å²) in [5, 5.41) is 15.2. The second-order valence-electron chi connectivity index (χ2n) is 5.71. The van der Waals surface area contributed by atoms with E-state index in [4.69, 9.17) is 4.74 Å². The molecule has 0 aliphatic carbocycles. The molecule has 1 heterocycles. The first kappa shape index (κ1) is 17.9. The van der Waals surface area contributed by atoms with Gasteiger partial charge in [0, 0.05) is 11.8 Å². The summed E-state index contributed by atoms with van der Waals surface area (Å²) in [5.74, 6) is 0.745. The van der Waals surface area contributed by atoms with Crippen LogP contribution in [0.5, 0.6) is 5.75 Å². The molecule has 134 valence electrons. The zero-order valence-electron chi connectivity index (χ0n) is 14.8. The SMILES string of the molecule is COc1cccc(NC(=O)CSc2nnnn2-c2ccc(C)c(C)c2)c1. The second-order valence-corrected chi connectivity index (χ2v) is 6.65. The third kappa shape index (κ3) is 4.20. The molecule has 0 aliphatic heterocycles. The highest BCUT2D eigenvalue weighted by atomic mass is 32.2. The number of hydrogen-bond acceptors (Lipinski definition) is 6. The van der Waals surface area contributed by atoms with Gasteiger partial charge >= 0.3 is 0 Å². The molecule has 0 bridgehead atoms. The van der Waals surface area contributed by atoms with Crippen LogP contribution in [0.3, 0.4) is 0 Å². The van der Waals surface area contributed by atoms with Crippen molar-refractivity contribution in [1.29, 1.82) is 0 Å². The lowest BCUT2D eigenvalue weighted by Gasteiger charge is -2.08. The number of nitrogens with one attached hydrogen (secondary N) is 1. The Morgan fingerprint density at radius 3 is 2.81 bits per heavy atom. The summed E-state index contributed by atoms with van der Waals surface area (Å²) in [6.07, 6.45) is 0. The van der Waals surface area contributed by atoms with Crippen molar-refractivity contribution in [3.63, 3.8) is 0 Å². The smallest absolute Gasteiger partial charge is 0.234 e. The van der Waals surface area contributed by atoms with Gasteiger partial charge in [-0.2, -0.15) is 4.68 Å². The fourth-order valence-corrected chi connectivity index (χ4v) is 3.01. The molecule has 8 heteroatoms. The summed E-state index contributed by atoms with van der Waals surface area (Å²) in [7, 11) is 1.59. The molecule has 0 aliphatic rings. The van der Waals surface area contributed by atoms with Crippen LogP contribution in [0.1, 0.15) is 11.1 Å². The predicted octanol–water partition coefficient (Wildman–Crippen LogP) is 3.02. The van der Waals surface area contributed by atoms with E-state index in [1.54, 1.807) is 17.9 Å². The molecule has 0 saturated heterocycles. The molecule has 1 aromatic heterocycles. The topological polar surface area (TPSA) is 81.9 Å². The van der Waals surface area contributed by atoms with Gasteiger partial charge in [-0.05, 0) is 59.7 Å². The van der Waals surface area contributed by atoms with Crippen LogP contribution in [-0.2, 0) is 4.79 Å². The summed E-state index contributed by atoms with van der Waals surface area (Å²) >= 11 is 1.28. The average Bonchev–Trinajstić information content (AvgIpc) is 3.11. The van der Waals surface area contributed by atoms with Gasteiger partial charge in [0.25, 0.3) is 0 Å². The zero-order valence-corrected chi connectivity index (χ0v) is 15.6. The van der Waals surface area contributed by atoms with Crippen molar-refractivity contribution in [3.8, 4) is 11.4 Å². The molecule has 0 radical (unpaired) electrons. The van der Waals surface area contributed by atoms with E-state index in [1.807, 2.05) is 43.3 Å². The van der Waals surface area contributed by atoms with Crippen molar-refractivity contribution < 1.29 is 9.53 Å². The highest BCUT2D eigenvalue weighted by Gasteiger charge is 2.12. The number of aromatic nitrogens is 4. The van der Waals surface area contributed by atoms with Crippen molar-refractivity contribution >= 4 is 23.4 Å². The fraction of sp³-hybridized carbons (Fsp3) is 0.222. The molecule has 0 unspecified atom stereocenters. The molecule has 3 aromatic rings. The number of thioether (sulfide) groups is 1. The van der Waals surface area contributed by atoms with Gasteiger partial charge in [-0.3, -0.25) is 4.79 Å². The largest absolute Gasteiger partial charge is 0.497 e. The molecular formula is C18H19N5O2S. The first-order valence-corrected chi connectivity index (χ1v) is 8.98. The Labute approximate surface area is 155 Å². The Hall–Kier alpha value is -2.87. The summed E-state index contributed by atoms with van der Waals surface area (Å²) in [6.45, 7) is 4.09. The van der Waals surface area contributed by atoms with E-state index < -0.39 is 0 Å². The van der Waals surface area contributed by atoms with Gasteiger partial charge in [-0.25, -0.2) is 0 Å². The normalized spacial score (nSPS) is 10.6. The van der Waals surface area contributed by atoms with Crippen LogP contribution in [0.15, 0.2) is 47.6 Å². The van der Waals surface area contributed by atoms with Gasteiger partial charge in [0.05, 0.1) is 18.6 Å². The third-order valence-electron chi connectivity index (χ3n) is 3.86. The highest BCUT2D eigenvalue weighted by Crippen LogP contribution is 2.21. The Morgan fingerprint density at radius 2 is 2.04 bits per heavy atom. The van der Waals surface area contributed by atoms with Crippen LogP contribution in [0, 0.1) is 13.8 Å². The predicted molar refractivity (Wildman–Crippen MR) is 101 cm³/mol. The molecule has 0 atom stereocenters. The average molecular weight is 369 g/mol.